The van der Waals surface area contributed by atoms with Crippen molar-refractivity contribution in [1.29, 1.82) is 0 Å². The van der Waals surface area contributed by atoms with Crippen molar-refractivity contribution in [3.63, 3.8) is 0 Å². The first kappa shape index (κ1) is 35.1. The molecule has 3 unspecified atom stereocenters. The highest BCUT2D eigenvalue weighted by atomic mass is 32.2. The van der Waals surface area contributed by atoms with Crippen LogP contribution in [-0.4, -0.2) is 53.9 Å². The maximum absolute atomic E-state index is 13.8. The van der Waals surface area contributed by atoms with Gasteiger partial charge >= 0.3 is 27.8 Å². The molecule has 0 radical (unpaired) electrons. The van der Waals surface area contributed by atoms with E-state index in [0.717, 1.165) is 41.1 Å². The summed E-state index contributed by atoms with van der Waals surface area (Å²) in [5.41, 5.74) is -9.63. The largest absolute Gasteiger partial charge is 0.534 e. The fourth-order valence-electron chi connectivity index (χ4n) is 5.81. The van der Waals surface area contributed by atoms with E-state index in [1.165, 1.54) is 0 Å². The van der Waals surface area contributed by atoms with Gasteiger partial charge in [0.25, 0.3) is 5.56 Å². The number of benzene rings is 2. The van der Waals surface area contributed by atoms with E-state index in [4.69, 9.17) is 0 Å². The molecular formula is C28H29F6N3O7SSi. The summed E-state index contributed by atoms with van der Waals surface area (Å²) in [6.45, 7) is 5.62. The van der Waals surface area contributed by atoms with E-state index in [2.05, 4.69) is 14.5 Å². The number of nitrogens with zero attached hydrogens (tertiary/aromatic N) is 3. The summed E-state index contributed by atoms with van der Waals surface area (Å²) in [6.07, 6.45) is -4.55. The Bertz CT molecular complexity index is 1820. The second-order valence-corrected chi connectivity index (χ2v) is 19.6. The summed E-state index contributed by atoms with van der Waals surface area (Å²) in [5, 5.41) is 18.0. The van der Waals surface area contributed by atoms with E-state index in [-0.39, 0.29) is 42.3 Å². The molecule has 1 saturated carbocycles. The predicted octanol–water partition coefficient (Wildman–Crippen LogP) is 5.75. The number of carboxylic acids is 1. The Kier molecular flexibility index (Phi) is 9.22. The van der Waals surface area contributed by atoms with Gasteiger partial charge in [-0.15, -0.1) is 5.10 Å². The minimum absolute atomic E-state index is 0.0259. The Morgan fingerprint density at radius 1 is 1.04 bits per heavy atom. The van der Waals surface area contributed by atoms with Crippen LogP contribution < -0.4 is 9.74 Å². The molecule has 1 aliphatic carbocycles. The molecule has 1 fully saturated rings. The number of carbonyl (C=O) groups is 2. The zero-order valence-electron chi connectivity index (χ0n) is 24.6. The van der Waals surface area contributed by atoms with E-state index in [1.807, 2.05) is 19.6 Å². The van der Waals surface area contributed by atoms with Gasteiger partial charge in [-0.2, -0.15) is 34.8 Å². The molecule has 1 N–H and O–H groups in total. The number of aromatic nitrogens is 3. The molecule has 0 aliphatic heterocycles. The summed E-state index contributed by atoms with van der Waals surface area (Å²) in [7, 11) is -7.91. The van der Waals surface area contributed by atoms with Crippen molar-refractivity contribution in [3.8, 4) is 5.75 Å². The normalized spacial score (nSPS) is 21.0. The van der Waals surface area contributed by atoms with Gasteiger partial charge in [0.15, 0.2) is 5.78 Å². The summed E-state index contributed by atoms with van der Waals surface area (Å²) in [6, 6.07) is 6.60. The van der Waals surface area contributed by atoms with Gasteiger partial charge in [0.05, 0.1) is 22.9 Å². The van der Waals surface area contributed by atoms with Crippen LogP contribution in [0.3, 0.4) is 0 Å². The van der Waals surface area contributed by atoms with Crippen molar-refractivity contribution in [2.75, 3.05) is 0 Å². The van der Waals surface area contributed by atoms with Gasteiger partial charge in [0, 0.05) is 19.6 Å². The Labute approximate surface area is 259 Å². The molecule has 46 heavy (non-hydrogen) atoms. The summed E-state index contributed by atoms with van der Waals surface area (Å²) < 4.78 is 106. The number of fused-ring (bicyclic) bond motifs is 1. The van der Waals surface area contributed by atoms with Crippen LogP contribution in [0.2, 0.25) is 25.7 Å². The summed E-state index contributed by atoms with van der Waals surface area (Å²) >= 11 is 0. The van der Waals surface area contributed by atoms with Gasteiger partial charge in [-0.1, -0.05) is 30.9 Å². The highest BCUT2D eigenvalue weighted by Gasteiger charge is 2.58. The highest BCUT2D eigenvalue weighted by Crippen LogP contribution is 2.54. The predicted molar refractivity (Wildman–Crippen MR) is 154 cm³/mol. The van der Waals surface area contributed by atoms with Crippen LogP contribution >= 0.6 is 0 Å². The van der Waals surface area contributed by atoms with Gasteiger partial charge in [-0.25, -0.2) is 4.68 Å². The molecule has 1 aromatic heterocycles. The minimum Gasteiger partial charge on any atom is -0.481 e. The van der Waals surface area contributed by atoms with Crippen LogP contribution in [0.5, 0.6) is 5.75 Å². The zero-order chi connectivity index (χ0) is 34.5. The van der Waals surface area contributed by atoms with Crippen LogP contribution in [0.4, 0.5) is 26.3 Å². The van der Waals surface area contributed by atoms with Crippen molar-refractivity contribution >= 4 is 40.8 Å². The van der Waals surface area contributed by atoms with E-state index in [1.54, 1.807) is 0 Å². The molecule has 0 bridgehead atoms. The molecule has 1 heterocycles. The average Bonchev–Trinajstić information content (AvgIpc) is 3.30. The average molecular weight is 694 g/mol. The SMILES string of the molecule is C[Si](C)(C)CCC1(C(=O)O)C(Cn2nnc3ccc(C(F)(F)F)cc3c2=O)CCC1C(=O)c1ccc(OS(=O)(=O)C(F)(F)F)cc1. The molecule has 2 aromatic carbocycles. The number of hydrogen-bond donors (Lipinski definition) is 1. The van der Waals surface area contributed by atoms with Crippen molar-refractivity contribution in [2.24, 2.45) is 17.3 Å². The number of rotatable bonds is 10. The molecule has 1 aliphatic rings. The highest BCUT2D eigenvalue weighted by molar-refractivity contribution is 7.88. The van der Waals surface area contributed by atoms with Crippen molar-refractivity contribution in [3.05, 3.63) is 63.9 Å². The smallest absolute Gasteiger partial charge is 0.481 e. The van der Waals surface area contributed by atoms with E-state index >= 15 is 0 Å². The van der Waals surface area contributed by atoms with E-state index in [9.17, 15) is 54.3 Å². The maximum atomic E-state index is 13.8. The first-order valence-corrected chi connectivity index (χ1v) is 19.0. The first-order valence-electron chi connectivity index (χ1n) is 13.9. The molecule has 18 heteroatoms. The molecule has 0 saturated heterocycles. The number of halogens is 6. The number of hydrogen-bond acceptors (Lipinski definition) is 8. The fraction of sp³-hybridized carbons (Fsp3) is 0.464. The fourth-order valence-corrected chi connectivity index (χ4v) is 7.43. The Morgan fingerprint density at radius 3 is 2.22 bits per heavy atom. The number of carbonyl (C=O) groups excluding carboxylic acids is 1. The lowest BCUT2D eigenvalue weighted by Crippen LogP contribution is -2.46. The maximum Gasteiger partial charge on any atom is 0.534 e. The molecule has 250 valence electrons. The van der Waals surface area contributed by atoms with E-state index < -0.39 is 75.8 Å². The van der Waals surface area contributed by atoms with Gasteiger partial charge < -0.3 is 9.29 Å². The zero-order valence-corrected chi connectivity index (χ0v) is 26.5. The summed E-state index contributed by atoms with van der Waals surface area (Å²) in [4.78, 5) is 40.3. The van der Waals surface area contributed by atoms with Crippen LogP contribution in [0.1, 0.15) is 35.2 Å². The quantitative estimate of drug-likeness (QED) is 0.0923. The number of ketones is 1. The number of aliphatic carboxylic acids is 1. The molecular weight excluding hydrogens is 664 g/mol. The van der Waals surface area contributed by atoms with Crippen molar-refractivity contribution < 1.29 is 53.6 Å². The number of carboxylic acid groups (broad SMARTS) is 1. The summed E-state index contributed by atoms with van der Waals surface area (Å²) in [5.74, 6) is -4.77. The van der Waals surface area contributed by atoms with Crippen molar-refractivity contribution in [1.82, 2.24) is 15.0 Å². The van der Waals surface area contributed by atoms with Gasteiger partial charge in [-0.05, 0) is 67.6 Å². The third-order valence-corrected chi connectivity index (χ3v) is 11.0. The van der Waals surface area contributed by atoms with Crippen LogP contribution in [-0.2, 0) is 27.6 Å². The Hall–Kier alpha value is -3.80. The number of Topliss-reactive ketones (excluding diaryl/α,β-unsaturated/α-hetero) is 1. The Morgan fingerprint density at radius 2 is 1.67 bits per heavy atom. The van der Waals surface area contributed by atoms with Gasteiger partial charge in [-0.3, -0.25) is 14.4 Å². The lowest BCUT2D eigenvalue weighted by Gasteiger charge is -2.37. The van der Waals surface area contributed by atoms with Crippen LogP contribution in [0, 0.1) is 17.3 Å². The second-order valence-electron chi connectivity index (χ2n) is 12.4. The van der Waals surface area contributed by atoms with Crippen molar-refractivity contribution in [2.45, 2.75) is 63.2 Å². The molecule has 3 aromatic rings. The molecule has 4 rings (SSSR count). The topological polar surface area (TPSA) is 146 Å². The standard InChI is InChI=1S/C28H29F6N3O7SSi/c1-46(2,3)13-12-26(25(40)41)18(15-37-24(39)20-14-17(27(29,30)31)7-11-22(20)35-36-37)6-10-21(26)23(38)16-4-8-19(9-5-16)44-45(42,43)28(32,33)34/h4-5,7-9,11,14,18,21H,6,10,12-13,15H2,1-3H3,(H,40,41). The third kappa shape index (κ3) is 6.96. The number of alkyl halides is 6. The molecule has 0 amide bonds. The van der Waals surface area contributed by atoms with Crippen LogP contribution in [0.15, 0.2) is 47.3 Å². The lowest BCUT2D eigenvalue weighted by molar-refractivity contribution is -0.154. The second kappa shape index (κ2) is 12.1. The van der Waals surface area contributed by atoms with E-state index in [0.29, 0.717) is 12.1 Å². The molecule has 0 spiro atoms. The van der Waals surface area contributed by atoms with Gasteiger partial charge in [0.2, 0.25) is 0 Å². The van der Waals surface area contributed by atoms with Crippen LogP contribution in [0.25, 0.3) is 10.9 Å². The first-order chi connectivity index (χ1) is 21.1. The molecule has 10 nitrogen and oxygen atoms in total. The lowest BCUT2D eigenvalue weighted by atomic mass is 9.67. The monoisotopic (exact) mass is 693 g/mol. The minimum atomic E-state index is -5.97. The third-order valence-electron chi connectivity index (χ3n) is 8.23. The Balaban J connectivity index is 1.72. The van der Waals surface area contributed by atoms with Gasteiger partial charge in [0.1, 0.15) is 11.3 Å². The molecule has 3 atom stereocenters.